The van der Waals surface area contributed by atoms with Gasteiger partial charge < -0.3 is 15.3 Å². The molecule has 0 aromatic heterocycles. The van der Waals surface area contributed by atoms with Gasteiger partial charge >= 0.3 is 5.97 Å². The second-order valence-electron chi connectivity index (χ2n) is 5.86. The zero-order valence-corrected chi connectivity index (χ0v) is 11.8. The highest BCUT2D eigenvalue weighted by atomic mass is 16.4. The maximum atomic E-state index is 11.4. The lowest BCUT2D eigenvalue weighted by atomic mass is 9.81. The van der Waals surface area contributed by atoms with Crippen LogP contribution in [0.25, 0.3) is 0 Å². The summed E-state index contributed by atoms with van der Waals surface area (Å²) >= 11 is 0. The summed E-state index contributed by atoms with van der Waals surface area (Å²) in [7, 11) is 0. The number of benzene rings is 1. The van der Waals surface area contributed by atoms with Crippen LogP contribution < -0.4 is 0 Å². The molecule has 20 heavy (non-hydrogen) atoms. The molecule has 0 saturated carbocycles. The molecule has 0 aliphatic carbocycles. The minimum Gasteiger partial charge on any atom is -0.508 e. The van der Waals surface area contributed by atoms with Gasteiger partial charge in [0.15, 0.2) is 0 Å². The number of carboxylic acid groups (broad SMARTS) is 1. The van der Waals surface area contributed by atoms with Crippen molar-refractivity contribution >= 4 is 5.97 Å². The van der Waals surface area contributed by atoms with Crippen LogP contribution in [0.2, 0.25) is 0 Å². The summed E-state index contributed by atoms with van der Waals surface area (Å²) in [5.41, 5.74) is -0.126. The molecule has 1 aliphatic heterocycles. The standard InChI is InChI=1S/C15H21NO4/c1-10(12-8-11(17)4-5-13(12)18)16-7-3-6-15(2,9-16)14(19)20/h4-5,8,10,17-18H,3,6-7,9H2,1-2H3,(H,19,20). The van der Waals surface area contributed by atoms with Gasteiger partial charge in [-0.05, 0) is 51.4 Å². The topological polar surface area (TPSA) is 81.0 Å². The number of rotatable bonds is 3. The van der Waals surface area contributed by atoms with Gasteiger partial charge in [0.2, 0.25) is 0 Å². The predicted molar refractivity (Wildman–Crippen MR) is 74.7 cm³/mol. The molecule has 0 spiro atoms. The summed E-state index contributed by atoms with van der Waals surface area (Å²) in [6.45, 7) is 4.91. The van der Waals surface area contributed by atoms with Crippen LogP contribution in [0.15, 0.2) is 18.2 Å². The highest BCUT2D eigenvalue weighted by Gasteiger charge is 2.39. The van der Waals surface area contributed by atoms with Gasteiger partial charge in [-0.1, -0.05) is 0 Å². The van der Waals surface area contributed by atoms with Crippen molar-refractivity contribution in [2.24, 2.45) is 5.41 Å². The number of hydrogen-bond donors (Lipinski definition) is 3. The van der Waals surface area contributed by atoms with Crippen molar-refractivity contribution in [3.05, 3.63) is 23.8 Å². The van der Waals surface area contributed by atoms with E-state index in [0.717, 1.165) is 13.0 Å². The van der Waals surface area contributed by atoms with Crippen LogP contribution in [-0.2, 0) is 4.79 Å². The molecule has 1 fully saturated rings. The quantitative estimate of drug-likeness (QED) is 0.740. The summed E-state index contributed by atoms with van der Waals surface area (Å²) < 4.78 is 0. The fraction of sp³-hybridized carbons (Fsp3) is 0.533. The minimum atomic E-state index is -0.783. The highest BCUT2D eigenvalue weighted by Crippen LogP contribution is 2.37. The van der Waals surface area contributed by atoms with Crippen LogP contribution in [-0.4, -0.2) is 39.3 Å². The van der Waals surface area contributed by atoms with E-state index >= 15 is 0 Å². The molecule has 0 radical (unpaired) electrons. The van der Waals surface area contributed by atoms with E-state index in [0.29, 0.717) is 18.5 Å². The molecule has 2 unspecified atom stereocenters. The number of piperidine rings is 1. The lowest BCUT2D eigenvalue weighted by Gasteiger charge is -2.40. The van der Waals surface area contributed by atoms with Crippen molar-refractivity contribution in [1.82, 2.24) is 4.90 Å². The molecule has 2 atom stereocenters. The highest BCUT2D eigenvalue weighted by molar-refractivity contribution is 5.74. The van der Waals surface area contributed by atoms with Crippen LogP contribution in [0.3, 0.4) is 0 Å². The Labute approximate surface area is 118 Å². The Hall–Kier alpha value is -1.75. The Kier molecular flexibility index (Phi) is 3.90. The number of carboxylic acids is 1. The Morgan fingerprint density at radius 3 is 2.75 bits per heavy atom. The molecule has 5 nitrogen and oxygen atoms in total. The van der Waals surface area contributed by atoms with Crippen molar-refractivity contribution < 1.29 is 20.1 Å². The summed E-state index contributed by atoms with van der Waals surface area (Å²) in [5.74, 6) is -0.560. The third kappa shape index (κ3) is 2.72. The largest absolute Gasteiger partial charge is 0.508 e. The molecule has 110 valence electrons. The van der Waals surface area contributed by atoms with Gasteiger partial charge in [-0.25, -0.2) is 0 Å². The van der Waals surface area contributed by atoms with Crippen molar-refractivity contribution in [3.8, 4) is 11.5 Å². The van der Waals surface area contributed by atoms with Gasteiger partial charge in [-0.15, -0.1) is 0 Å². The fourth-order valence-electron chi connectivity index (χ4n) is 2.86. The molecule has 5 heteroatoms. The summed E-state index contributed by atoms with van der Waals surface area (Å²) in [4.78, 5) is 13.4. The Balaban J connectivity index is 2.22. The van der Waals surface area contributed by atoms with Crippen molar-refractivity contribution in [1.29, 1.82) is 0 Å². The molecular formula is C15H21NO4. The third-order valence-electron chi connectivity index (χ3n) is 4.25. The molecule has 1 saturated heterocycles. The maximum Gasteiger partial charge on any atom is 0.310 e. The van der Waals surface area contributed by atoms with E-state index in [1.54, 1.807) is 6.92 Å². The van der Waals surface area contributed by atoms with E-state index in [1.165, 1.54) is 18.2 Å². The third-order valence-corrected chi connectivity index (χ3v) is 4.25. The second-order valence-corrected chi connectivity index (χ2v) is 5.86. The van der Waals surface area contributed by atoms with E-state index in [4.69, 9.17) is 0 Å². The number of phenolic OH excluding ortho intramolecular Hbond substituents is 2. The number of nitrogens with zero attached hydrogens (tertiary/aromatic N) is 1. The number of likely N-dealkylation sites (tertiary alicyclic amines) is 1. The van der Waals surface area contributed by atoms with Gasteiger partial charge in [-0.3, -0.25) is 9.69 Å². The molecule has 2 rings (SSSR count). The Morgan fingerprint density at radius 1 is 1.40 bits per heavy atom. The van der Waals surface area contributed by atoms with E-state index in [-0.39, 0.29) is 17.5 Å². The van der Waals surface area contributed by atoms with E-state index in [9.17, 15) is 20.1 Å². The first kappa shape index (κ1) is 14.7. The molecule has 1 aromatic carbocycles. The summed E-state index contributed by atoms with van der Waals surface area (Å²) in [5, 5.41) is 28.8. The first-order valence-electron chi connectivity index (χ1n) is 6.83. The maximum absolute atomic E-state index is 11.4. The minimum absolute atomic E-state index is 0.0997. The Morgan fingerprint density at radius 2 is 2.10 bits per heavy atom. The van der Waals surface area contributed by atoms with Gasteiger partial charge in [0.1, 0.15) is 11.5 Å². The van der Waals surface area contributed by atoms with Gasteiger partial charge in [-0.2, -0.15) is 0 Å². The normalized spacial score (nSPS) is 25.3. The number of aliphatic carboxylic acids is 1. The number of phenols is 2. The average molecular weight is 279 g/mol. The van der Waals surface area contributed by atoms with Gasteiger partial charge in [0.25, 0.3) is 0 Å². The van der Waals surface area contributed by atoms with Crippen LogP contribution >= 0.6 is 0 Å². The van der Waals surface area contributed by atoms with Crippen molar-refractivity contribution in [2.45, 2.75) is 32.7 Å². The average Bonchev–Trinajstić information content (AvgIpc) is 2.40. The lowest BCUT2D eigenvalue weighted by Crippen LogP contribution is -2.46. The molecule has 1 aromatic rings. The van der Waals surface area contributed by atoms with Crippen molar-refractivity contribution in [3.63, 3.8) is 0 Å². The molecule has 1 heterocycles. The second kappa shape index (κ2) is 5.32. The van der Waals surface area contributed by atoms with Gasteiger partial charge in [0, 0.05) is 18.2 Å². The molecular weight excluding hydrogens is 258 g/mol. The Bertz CT molecular complexity index is 517. The van der Waals surface area contributed by atoms with Crippen molar-refractivity contribution in [2.75, 3.05) is 13.1 Å². The number of aromatic hydroxyl groups is 2. The van der Waals surface area contributed by atoms with E-state index in [1.807, 2.05) is 11.8 Å². The molecule has 3 N–H and O–H groups in total. The summed E-state index contributed by atoms with van der Waals surface area (Å²) in [6.07, 6.45) is 1.48. The van der Waals surface area contributed by atoms with Gasteiger partial charge in [0.05, 0.1) is 5.41 Å². The molecule has 1 aliphatic rings. The zero-order chi connectivity index (χ0) is 14.9. The fourth-order valence-corrected chi connectivity index (χ4v) is 2.86. The predicted octanol–water partition coefficient (Wildman–Crippen LogP) is 2.35. The van der Waals surface area contributed by atoms with Crippen LogP contribution in [0, 0.1) is 5.41 Å². The molecule has 0 amide bonds. The summed E-state index contributed by atoms with van der Waals surface area (Å²) in [6, 6.07) is 4.29. The molecule has 0 bridgehead atoms. The van der Waals surface area contributed by atoms with Crippen LogP contribution in [0.5, 0.6) is 11.5 Å². The van der Waals surface area contributed by atoms with E-state index in [2.05, 4.69) is 0 Å². The number of hydrogen-bond acceptors (Lipinski definition) is 4. The van der Waals surface area contributed by atoms with E-state index < -0.39 is 11.4 Å². The SMILES string of the molecule is CC(c1cc(O)ccc1O)N1CCCC(C)(C(=O)O)C1. The monoisotopic (exact) mass is 279 g/mol. The first-order chi connectivity index (χ1) is 9.33. The smallest absolute Gasteiger partial charge is 0.310 e. The first-order valence-corrected chi connectivity index (χ1v) is 6.83. The number of carbonyl (C=O) groups is 1. The van der Waals surface area contributed by atoms with Crippen LogP contribution in [0.1, 0.15) is 38.3 Å². The van der Waals surface area contributed by atoms with Crippen LogP contribution in [0.4, 0.5) is 0 Å². The zero-order valence-electron chi connectivity index (χ0n) is 11.8. The lowest BCUT2D eigenvalue weighted by molar-refractivity contribution is -0.151.